The molecule has 6 N–H and O–H groups in total. The lowest BCUT2D eigenvalue weighted by Crippen LogP contribution is -2.25. The SMILES string of the molecule is CCCCCCCc1cc(N)c2c(c1O)C(=O)c1c(O)c(CCCCCCC)cc(N)c1C2=O. The molecule has 0 saturated carbocycles. The summed E-state index contributed by atoms with van der Waals surface area (Å²) in [6, 6.07) is 3.18. The Morgan fingerprint density at radius 3 is 1.32 bits per heavy atom. The van der Waals surface area contributed by atoms with Gasteiger partial charge in [-0.15, -0.1) is 0 Å². The molecule has 0 saturated heterocycles. The van der Waals surface area contributed by atoms with E-state index < -0.39 is 11.6 Å². The van der Waals surface area contributed by atoms with Gasteiger partial charge < -0.3 is 21.7 Å². The zero-order chi connectivity index (χ0) is 24.8. The molecular formula is C28H38N2O4. The Balaban J connectivity index is 1.95. The van der Waals surface area contributed by atoms with Crippen LogP contribution >= 0.6 is 0 Å². The fourth-order valence-electron chi connectivity index (χ4n) is 4.90. The van der Waals surface area contributed by atoms with E-state index in [2.05, 4.69) is 13.8 Å². The van der Waals surface area contributed by atoms with Crippen molar-refractivity contribution in [3.8, 4) is 11.5 Å². The number of hydrogen-bond donors (Lipinski definition) is 4. The first-order chi connectivity index (χ1) is 16.3. The molecular weight excluding hydrogens is 428 g/mol. The van der Waals surface area contributed by atoms with Crippen LogP contribution in [0.5, 0.6) is 11.5 Å². The van der Waals surface area contributed by atoms with Gasteiger partial charge in [0.2, 0.25) is 5.78 Å². The number of nitrogen functional groups attached to an aromatic ring is 2. The van der Waals surface area contributed by atoms with Gasteiger partial charge in [-0.2, -0.15) is 0 Å². The Bertz CT molecular complexity index is 994. The smallest absolute Gasteiger partial charge is 0.202 e. The minimum atomic E-state index is -0.598. The summed E-state index contributed by atoms with van der Waals surface area (Å²) in [5.41, 5.74) is 13.5. The normalized spacial score (nSPS) is 12.6. The van der Waals surface area contributed by atoms with Crippen molar-refractivity contribution in [2.75, 3.05) is 11.5 Å². The van der Waals surface area contributed by atoms with Crippen molar-refractivity contribution < 1.29 is 19.8 Å². The van der Waals surface area contributed by atoms with Crippen LogP contribution in [0.25, 0.3) is 0 Å². The third-order valence-electron chi connectivity index (χ3n) is 6.83. The topological polar surface area (TPSA) is 127 Å². The Hall–Kier alpha value is -3.02. The third-order valence-corrected chi connectivity index (χ3v) is 6.83. The molecule has 0 unspecified atom stereocenters. The zero-order valence-corrected chi connectivity index (χ0v) is 20.5. The molecule has 0 aromatic heterocycles. The second-order valence-electron chi connectivity index (χ2n) is 9.43. The van der Waals surface area contributed by atoms with Crippen LogP contribution < -0.4 is 11.5 Å². The van der Waals surface area contributed by atoms with E-state index in [1.54, 1.807) is 12.1 Å². The van der Waals surface area contributed by atoms with Gasteiger partial charge in [0.05, 0.1) is 22.3 Å². The predicted molar refractivity (Wildman–Crippen MR) is 137 cm³/mol. The molecule has 184 valence electrons. The molecule has 2 aromatic carbocycles. The lowest BCUT2D eigenvalue weighted by Gasteiger charge is -2.24. The number of carbonyl (C=O) groups is 2. The van der Waals surface area contributed by atoms with Crippen molar-refractivity contribution in [3.63, 3.8) is 0 Å². The van der Waals surface area contributed by atoms with E-state index in [-0.39, 0.29) is 45.1 Å². The molecule has 6 heteroatoms. The number of carbonyl (C=O) groups excluding carboxylic acids is 2. The predicted octanol–water partition coefficient (Wildman–Crippen LogP) is 6.06. The van der Waals surface area contributed by atoms with Crippen molar-refractivity contribution in [2.24, 2.45) is 0 Å². The molecule has 0 spiro atoms. The van der Waals surface area contributed by atoms with Crippen LogP contribution in [0.1, 0.15) is 121 Å². The number of rotatable bonds is 12. The number of nitrogens with two attached hydrogens (primary N) is 2. The number of anilines is 2. The van der Waals surface area contributed by atoms with Gasteiger partial charge in [0.15, 0.2) is 5.78 Å². The number of benzene rings is 2. The quantitative estimate of drug-likeness (QED) is 0.146. The summed E-state index contributed by atoms with van der Waals surface area (Å²) in [4.78, 5) is 26.9. The van der Waals surface area contributed by atoms with E-state index in [4.69, 9.17) is 11.5 Å². The average Bonchev–Trinajstić information content (AvgIpc) is 2.80. The van der Waals surface area contributed by atoms with Crippen molar-refractivity contribution >= 4 is 22.9 Å². The molecule has 2 aromatic rings. The fraction of sp³-hybridized carbons (Fsp3) is 0.500. The molecule has 0 fully saturated rings. The summed E-state index contributed by atoms with van der Waals surface area (Å²) in [6.45, 7) is 4.30. The van der Waals surface area contributed by atoms with Crippen molar-refractivity contribution in [1.29, 1.82) is 0 Å². The summed E-state index contributed by atoms with van der Waals surface area (Å²) in [6.07, 6.45) is 11.7. The second kappa shape index (κ2) is 11.4. The summed E-state index contributed by atoms with van der Waals surface area (Å²) in [5, 5.41) is 22.0. The summed E-state index contributed by atoms with van der Waals surface area (Å²) in [7, 11) is 0. The highest BCUT2D eigenvalue weighted by Gasteiger charge is 2.39. The van der Waals surface area contributed by atoms with Gasteiger partial charge in [0.25, 0.3) is 0 Å². The molecule has 0 amide bonds. The number of hydrogen-bond acceptors (Lipinski definition) is 6. The second-order valence-corrected chi connectivity index (χ2v) is 9.43. The number of unbranched alkanes of at least 4 members (excludes halogenated alkanes) is 8. The van der Waals surface area contributed by atoms with Crippen molar-refractivity contribution in [2.45, 2.75) is 90.9 Å². The van der Waals surface area contributed by atoms with Gasteiger partial charge in [-0.3, -0.25) is 9.59 Å². The molecule has 0 aliphatic heterocycles. The van der Waals surface area contributed by atoms with Crippen LogP contribution in [0.3, 0.4) is 0 Å². The first kappa shape index (κ1) is 25.6. The van der Waals surface area contributed by atoms with Crippen LogP contribution in [0.2, 0.25) is 0 Å². The molecule has 0 bridgehead atoms. The fourth-order valence-corrected chi connectivity index (χ4v) is 4.90. The Morgan fingerprint density at radius 2 is 0.941 bits per heavy atom. The minimum absolute atomic E-state index is 0.0249. The van der Waals surface area contributed by atoms with Gasteiger partial charge in [-0.05, 0) is 48.9 Å². The van der Waals surface area contributed by atoms with E-state index in [9.17, 15) is 19.8 Å². The monoisotopic (exact) mass is 466 g/mol. The van der Waals surface area contributed by atoms with Crippen LogP contribution in [-0.4, -0.2) is 21.8 Å². The number of phenolic OH excluding ortho intramolecular Hbond substituents is 2. The largest absolute Gasteiger partial charge is 0.507 e. The maximum absolute atomic E-state index is 13.6. The van der Waals surface area contributed by atoms with Gasteiger partial charge in [-0.1, -0.05) is 65.2 Å². The minimum Gasteiger partial charge on any atom is -0.507 e. The maximum atomic E-state index is 13.6. The van der Waals surface area contributed by atoms with Crippen molar-refractivity contribution in [3.05, 3.63) is 45.5 Å². The lowest BCUT2D eigenvalue weighted by atomic mass is 9.79. The van der Waals surface area contributed by atoms with E-state index in [0.29, 0.717) is 24.0 Å². The number of aryl methyl sites for hydroxylation is 2. The first-order valence-electron chi connectivity index (χ1n) is 12.7. The number of phenols is 2. The van der Waals surface area contributed by atoms with Gasteiger partial charge in [-0.25, -0.2) is 0 Å². The van der Waals surface area contributed by atoms with E-state index in [0.717, 1.165) is 64.2 Å². The average molecular weight is 467 g/mol. The molecule has 1 aliphatic rings. The van der Waals surface area contributed by atoms with Crippen molar-refractivity contribution in [1.82, 2.24) is 0 Å². The van der Waals surface area contributed by atoms with Crippen LogP contribution in [0, 0.1) is 0 Å². The number of aromatic hydroxyl groups is 2. The third kappa shape index (κ3) is 5.06. The Kier molecular flexibility index (Phi) is 8.59. The molecule has 34 heavy (non-hydrogen) atoms. The van der Waals surface area contributed by atoms with E-state index in [1.165, 1.54) is 0 Å². The molecule has 0 heterocycles. The van der Waals surface area contributed by atoms with Gasteiger partial charge in [0, 0.05) is 11.4 Å². The summed E-state index contributed by atoms with van der Waals surface area (Å²) >= 11 is 0. The van der Waals surface area contributed by atoms with Crippen LogP contribution in [-0.2, 0) is 12.8 Å². The first-order valence-corrected chi connectivity index (χ1v) is 12.7. The van der Waals surface area contributed by atoms with Crippen LogP contribution in [0.4, 0.5) is 11.4 Å². The number of fused-ring (bicyclic) bond motifs is 2. The lowest BCUT2D eigenvalue weighted by molar-refractivity contribution is 0.0975. The summed E-state index contributed by atoms with van der Waals surface area (Å²) < 4.78 is 0. The molecule has 6 nitrogen and oxygen atoms in total. The maximum Gasteiger partial charge on any atom is 0.202 e. The zero-order valence-electron chi connectivity index (χ0n) is 20.5. The van der Waals surface area contributed by atoms with Gasteiger partial charge in [0.1, 0.15) is 11.5 Å². The Morgan fingerprint density at radius 1 is 0.588 bits per heavy atom. The standard InChI is InChI=1S/C28H38N2O4/c1-3-5-7-9-11-13-17-15-19(29)21-23(25(17)31)28(34)24-22(27(21)33)20(30)16-18(26(24)32)14-12-10-8-6-4-2/h15-16,31-32H,3-14,29-30H2,1-2H3. The number of ketones is 2. The van der Waals surface area contributed by atoms with Crippen LogP contribution in [0.15, 0.2) is 12.1 Å². The highest BCUT2D eigenvalue weighted by Crippen LogP contribution is 2.44. The summed E-state index contributed by atoms with van der Waals surface area (Å²) in [5.74, 6) is -1.56. The van der Waals surface area contributed by atoms with E-state index in [1.807, 2.05) is 0 Å². The Labute approximate surface area is 202 Å². The molecule has 1 aliphatic carbocycles. The van der Waals surface area contributed by atoms with E-state index >= 15 is 0 Å². The highest BCUT2D eigenvalue weighted by molar-refractivity contribution is 6.33. The molecule has 0 radical (unpaired) electrons. The highest BCUT2D eigenvalue weighted by atomic mass is 16.3. The molecule has 0 atom stereocenters. The van der Waals surface area contributed by atoms with Gasteiger partial charge >= 0.3 is 0 Å². The molecule has 3 rings (SSSR count).